The molecule has 3 heterocycles. The molecule has 0 atom stereocenters. The highest BCUT2D eigenvalue weighted by molar-refractivity contribution is 6.03. The fourth-order valence-electron chi connectivity index (χ4n) is 2.63. The minimum absolute atomic E-state index is 0.0199. The molecule has 0 bridgehead atoms. The van der Waals surface area contributed by atoms with Gasteiger partial charge in [-0.1, -0.05) is 5.16 Å². The first-order valence-electron chi connectivity index (χ1n) is 7.74. The van der Waals surface area contributed by atoms with Crippen LogP contribution in [0.15, 0.2) is 16.8 Å². The van der Waals surface area contributed by atoms with Crippen LogP contribution in [0.5, 0.6) is 0 Å². The predicted molar refractivity (Wildman–Crippen MR) is 89.9 cm³/mol. The van der Waals surface area contributed by atoms with Gasteiger partial charge in [-0.2, -0.15) is 10.2 Å². The second-order valence-electron chi connectivity index (χ2n) is 5.81. The molecule has 3 aromatic rings. The second kappa shape index (κ2) is 6.43. The zero-order valence-corrected chi connectivity index (χ0v) is 14.7. The lowest BCUT2D eigenvalue weighted by Crippen LogP contribution is -2.16. The molecule has 0 spiro atoms. The molecule has 1 N–H and O–H groups in total. The molecule has 11 heteroatoms. The molecule has 1 amide bonds. The van der Waals surface area contributed by atoms with Crippen LogP contribution < -0.4 is 5.32 Å². The van der Waals surface area contributed by atoms with Gasteiger partial charge in [0, 0.05) is 6.20 Å². The van der Waals surface area contributed by atoms with E-state index >= 15 is 0 Å². The van der Waals surface area contributed by atoms with Crippen LogP contribution in [-0.2, 0) is 6.67 Å². The molecule has 0 aliphatic rings. The summed E-state index contributed by atoms with van der Waals surface area (Å²) >= 11 is 0. The van der Waals surface area contributed by atoms with E-state index < -0.39 is 10.8 Å². The summed E-state index contributed by atoms with van der Waals surface area (Å²) in [6.07, 6.45) is 1.60. The summed E-state index contributed by atoms with van der Waals surface area (Å²) in [7, 11) is 0. The summed E-state index contributed by atoms with van der Waals surface area (Å²) in [6, 6.07) is 1.55. The zero-order chi connectivity index (χ0) is 19.0. The lowest BCUT2D eigenvalue weighted by atomic mass is 10.3. The quantitative estimate of drug-likeness (QED) is 0.543. The highest BCUT2D eigenvalue weighted by atomic mass is 16.6. The van der Waals surface area contributed by atoms with Gasteiger partial charge >= 0.3 is 5.69 Å². The molecule has 0 aliphatic heterocycles. The van der Waals surface area contributed by atoms with Crippen molar-refractivity contribution in [3.63, 3.8) is 0 Å². The van der Waals surface area contributed by atoms with Gasteiger partial charge in [0.1, 0.15) is 29.4 Å². The molecule has 0 radical (unpaired) electrons. The standard InChI is InChI=1S/C15H17N7O4/c1-8-13(11(4)26-19-8)16-15(23)12-5-6-20(18-12)7-21-10(3)14(22(24)25)9(2)17-21/h5-6H,7H2,1-4H3,(H,16,23). The monoisotopic (exact) mass is 359 g/mol. The maximum atomic E-state index is 12.3. The first-order chi connectivity index (χ1) is 12.3. The predicted octanol–water partition coefficient (Wildman–Crippen LogP) is 1.97. The third-order valence-electron chi connectivity index (χ3n) is 3.95. The summed E-state index contributed by atoms with van der Waals surface area (Å²) in [4.78, 5) is 22.9. The number of hydrogen-bond donors (Lipinski definition) is 1. The van der Waals surface area contributed by atoms with Crippen LogP contribution >= 0.6 is 0 Å². The van der Waals surface area contributed by atoms with Crippen LogP contribution in [0.4, 0.5) is 11.4 Å². The molecule has 11 nitrogen and oxygen atoms in total. The summed E-state index contributed by atoms with van der Waals surface area (Å²) in [5.74, 6) is 0.0998. The number of amides is 1. The van der Waals surface area contributed by atoms with Crippen molar-refractivity contribution < 1.29 is 14.2 Å². The molecule has 0 unspecified atom stereocenters. The van der Waals surface area contributed by atoms with E-state index in [1.165, 1.54) is 9.36 Å². The summed E-state index contributed by atoms with van der Waals surface area (Å²) in [5.41, 5.74) is 2.01. The van der Waals surface area contributed by atoms with E-state index in [-0.39, 0.29) is 18.1 Å². The number of carbonyl (C=O) groups excluding carboxylic acids is 1. The molecule has 0 aliphatic carbocycles. The van der Waals surface area contributed by atoms with Gasteiger partial charge in [0.15, 0.2) is 11.5 Å². The number of nitrogens with zero attached hydrogens (tertiary/aromatic N) is 6. The van der Waals surface area contributed by atoms with E-state index in [0.717, 1.165) is 0 Å². The smallest absolute Gasteiger partial charge is 0.312 e. The lowest BCUT2D eigenvalue weighted by Gasteiger charge is -2.04. The lowest BCUT2D eigenvalue weighted by molar-refractivity contribution is -0.386. The van der Waals surface area contributed by atoms with Gasteiger partial charge in [-0.15, -0.1) is 0 Å². The summed E-state index contributed by atoms with van der Waals surface area (Å²) in [5, 5.41) is 25.9. The fraction of sp³-hybridized carbons (Fsp3) is 0.333. The van der Waals surface area contributed by atoms with E-state index in [2.05, 4.69) is 20.7 Å². The Balaban J connectivity index is 1.77. The van der Waals surface area contributed by atoms with Gasteiger partial charge in [-0.3, -0.25) is 19.6 Å². The van der Waals surface area contributed by atoms with Gasteiger partial charge in [0.25, 0.3) is 5.91 Å². The first-order valence-corrected chi connectivity index (χ1v) is 7.74. The van der Waals surface area contributed by atoms with Crippen LogP contribution in [0.3, 0.4) is 0 Å². The first kappa shape index (κ1) is 17.3. The number of aryl methyl sites for hydroxylation is 3. The topological polar surface area (TPSA) is 134 Å². The van der Waals surface area contributed by atoms with Crippen molar-refractivity contribution in [3.05, 3.63) is 50.9 Å². The summed E-state index contributed by atoms with van der Waals surface area (Å²) < 4.78 is 7.95. The third kappa shape index (κ3) is 3.06. The van der Waals surface area contributed by atoms with E-state index in [1.807, 2.05) is 0 Å². The van der Waals surface area contributed by atoms with Gasteiger partial charge in [0.2, 0.25) is 0 Å². The van der Waals surface area contributed by atoms with Crippen molar-refractivity contribution in [1.82, 2.24) is 24.7 Å². The highest BCUT2D eigenvalue weighted by Crippen LogP contribution is 2.22. The Morgan fingerprint density at radius 1 is 1.27 bits per heavy atom. The minimum Gasteiger partial charge on any atom is -0.359 e. The number of anilines is 1. The average molecular weight is 359 g/mol. The average Bonchev–Trinajstić information content (AvgIpc) is 3.23. The largest absolute Gasteiger partial charge is 0.359 e. The molecule has 26 heavy (non-hydrogen) atoms. The maximum Gasteiger partial charge on any atom is 0.312 e. The Hall–Kier alpha value is -3.50. The Labute approximate surface area is 147 Å². The number of carbonyl (C=O) groups is 1. The maximum absolute atomic E-state index is 12.3. The SMILES string of the molecule is Cc1noc(C)c1NC(=O)c1ccn(Cn2nc(C)c([N+](=O)[O-])c2C)n1. The Kier molecular flexibility index (Phi) is 4.28. The van der Waals surface area contributed by atoms with Crippen molar-refractivity contribution in [3.8, 4) is 0 Å². The van der Waals surface area contributed by atoms with Gasteiger partial charge in [-0.05, 0) is 33.8 Å². The number of rotatable bonds is 5. The van der Waals surface area contributed by atoms with Crippen molar-refractivity contribution in [2.75, 3.05) is 5.32 Å². The third-order valence-corrected chi connectivity index (χ3v) is 3.95. The normalized spacial score (nSPS) is 10.9. The van der Waals surface area contributed by atoms with Crippen molar-refractivity contribution in [1.29, 1.82) is 0 Å². The van der Waals surface area contributed by atoms with E-state index in [1.54, 1.807) is 40.0 Å². The van der Waals surface area contributed by atoms with Gasteiger partial charge < -0.3 is 9.84 Å². The molecule has 0 fully saturated rings. The van der Waals surface area contributed by atoms with Crippen LogP contribution in [0, 0.1) is 37.8 Å². The van der Waals surface area contributed by atoms with Gasteiger partial charge in [0.05, 0.1) is 4.92 Å². The number of nitrogens with one attached hydrogen (secondary N) is 1. The molecule has 3 rings (SSSR count). The Morgan fingerprint density at radius 3 is 2.58 bits per heavy atom. The molecule has 136 valence electrons. The van der Waals surface area contributed by atoms with Crippen molar-refractivity contribution in [2.45, 2.75) is 34.4 Å². The molecule has 0 saturated heterocycles. The Bertz CT molecular complexity index is 978. The van der Waals surface area contributed by atoms with Crippen molar-refractivity contribution in [2.24, 2.45) is 0 Å². The van der Waals surface area contributed by atoms with Crippen LogP contribution in [0.25, 0.3) is 0 Å². The molecule has 3 aromatic heterocycles. The molecule has 0 aromatic carbocycles. The Morgan fingerprint density at radius 2 is 2.00 bits per heavy atom. The van der Waals surface area contributed by atoms with Gasteiger partial charge in [-0.25, -0.2) is 4.68 Å². The van der Waals surface area contributed by atoms with E-state index in [4.69, 9.17) is 4.52 Å². The van der Waals surface area contributed by atoms with Crippen LogP contribution in [0.2, 0.25) is 0 Å². The van der Waals surface area contributed by atoms with E-state index in [0.29, 0.717) is 28.5 Å². The van der Waals surface area contributed by atoms with E-state index in [9.17, 15) is 14.9 Å². The fourth-order valence-corrected chi connectivity index (χ4v) is 2.63. The number of hydrogen-bond acceptors (Lipinski definition) is 7. The zero-order valence-electron chi connectivity index (χ0n) is 14.7. The van der Waals surface area contributed by atoms with Crippen LogP contribution in [0.1, 0.15) is 33.3 Å². The second-order valence-corrected chi connectivity index (χ2v) is 5.81. The highest BCUT2D eigenvalue weighted by Gasteiger charge is 2.22. The number of nitro groups is 1. The minimum atomic E-state index is -0.459. The van der Waals surface area contributed by atoms with Crippen molar-refractivity contribution >= 4 is 17.3 Å². The molecular weight excluding hydrogens is 342 g/mol. The number of aromatic nitrogens is 5. The molecular formula is C15H17N7O4. The molecule has 0 saturated carbocycles. The van der Waals surface area contributed by atoms with Crippen LogP contribution in [-0.4, -0.2) is 35.5 Å². The summed E-state index contributed by atoms with van der Waals surface area (Å²) in [6.45, 7) is 6.77.